The fourth-order valence-electron chi connectivity index (χ4n) is 1.80. The van der Waals surface area contributed by atoms with Gasteiger partial charge in [0.15, 0.2) is 6.29 Å². The van der Waals surface area contributed by atoms with E-state index in [4.69, 9.17) is 4.42 Å². The van der Waals surface area contributed by atoms with Crippen LogP contribution in [0.15, 0.2) is 16.7 Å². The summed E-state index contributed by atoms with van der Waals surface area (Å²) in [5.74, 6) is 1.46. The molecule has 16 heavy (non-hydrogen) atoms. The summed E-state index contributed by atoms with van der Waals surface area (Å²) < 4.78 is 7.44. The molecule has 2 rings (SSSR count). The highest BCUT2D eigenvalue weighted by molar-refractivity contribution is 5.77. The fourth-order valence-corrected chi connectivity index (χ4v) is 1.80. The molecule has 0 fully saturated rings. The lowest BCUT2D eigenvalue weighted by atomic mass is 10.3. The van der Waals surface area contributed by atoms with Crippen LogP contribution in [0.1, 0.15) is 33.4 Å². The highest BCUT2D eigenvalue weighted by atomic mass is 16.4. The summed E-state index contributed by atoms with van der Waals surface area (Å²) >= 11 is 0. The molecule has 0 radical (unpaired) electrons. The lowest BCUT2D eigenvalue weighted by Gasteiger charge is -2.05. The van der Waals surface area contributed by atoms with Crippen molar-refractivity contribution < 1.29 is 9.21 Å². The van der Waals surface area contributed by atoms with E-state index in [0.29, 0.717) is 12.4 Å². The number of hydrogen-bond donors (Lipinski definition) is 0. The maximum atomic E-state index is 10.8. The summed E-state index contributed by atoms with van der Waals surface area (Å²) in [5, 5.41) is 0. The molecule has 0 atom stereocenters. The Bertz CT molecular complexity index is 523. The Hall–Kier alpha value is -1.84. The van der Waals surface area contributed by atoms with Crippen LogP contribution >= 0.6 is 0 Å². The lowest BCUT2D eigenvalue weighted by Crippen LogP contribution is -2.04. The van der Waals surface area contributed by atoms with E-state index in [-0.39, 0.29) is 0 Å². The van der Waals surface area contributed by atoms with Crippen LogP contribution in [0.2, 0.25) is 0 Å². The van der Waals surface area contributed by atoms with Crippen LogP contribution in [0.5, 0.6) is 0 Å². The Labute approximate surface area is 93.9 Å². The monoisotopic (exact) mass is 218 g/mol. The predicted molar refractivity (Wildman–Crippen MR) is 59.6 cm³/mol. The predicted octanol–water partition coefficient (Wildman–Crippen LogP) is 2.26. The highest BCUT2D eigenvalue weighted by Gasteiger charge is 2.10. The van der Waals surface area contributed by atoms with E-state index in [0.717, 1.165) is 29.0 Å². The van der Waals surface area contributed by atoms with Gasteiger partial charge in [-0.2, -0.15) is 0 Å². The molecule has 4 heteroatoms. The number of carbonyl (C=O) groups is 1. The first-order valence-corrected chi connectivity index (χ1v) is 5.15. The molecule has 2 aromatic heterocycles. The Morgan fingerprint density at radius 2 is 2.19 bits per heavy atom. The molecule has 0 saturated heterocycles. The normalized spacial score (nSPS) is 10.7. The van der Waals surface area contributed by atoms with E-state index in [1.54, 1.807) is 6.20 Å². The van der Waals surface area contributed by atoms with Crippen LogP contribution in [0.4, 0.5) is 0 Å². The van der Waals surface area contributed by atoms with Crippen molar-refractivity contribution >= 4 is 6.29 Å². The average molecular weight is 218 g/mol. The maximum absolute atomic E-state index is 10.8. The number of aldehydes is 1. The van der Waals surface area contributed by atoms with Gasteiger partial charge in [-0.25, -0.2) is 4.98 Å². The third-order valence-corrected chi connectivity index (χ3v) is 2.70. The number of aryl methyl sites for hydroxylation is 2. The number of nitrogens with zero attached hydrogens (tertiary/aromatic N) is 2. The largest absolute Gasteiger partial charge is 0.444 e. The molecule has 0 spiro atoms. The SMILES string of the molecule is Cc1cnc(Cn2c(C)cc(C=O)c2C)o1. The number of oxazole rings is 1. The molecule has 0 saturated carbocycles. The fraction of sp³-hybridized carbons (Fsp3) is 0.333. The summed E-state index contributed by atoms with van der Waals surface area (Å²) in [6.45, 7) is 6.32. The molecule has 2 aromatic rings. The molecule has 4 nitrogen and oxygen atoms in total. The van der Waals surface area contributed by atoms with Crippen LogP contribution < -0.4 is 0 Å². The van der Waals surface area contributed by atoms with E-state index < -0.39 is 0 Å². The maximum Gasteiger partial charge on any atom is 0.214 e. The quantitative estimate of drug-likeness (QED) is 0.742. The van der Waals surface area contributed by atoms with Gasteiger partial charge in [0.1, 0.15) is 5.76 Å². The van der Waals surface area contributed by atoms with Crippen molar-refractivity contribution in [1.29, 1.82) is 0 Å². The first kappa shape index (κ1) is 10.7. The van der Waals surface area contributed by atoms with Gasteiger partial charge < -0.3 is 8.98 Å². The third kappa shape index (κ3) is 1.78. The third-order valence-electron chi connectivity index (χ3n) is 2.70. The van der Waals surface area contributed by atoms with E-state index >= 15 is 0 Å². The summed E-state index contributed by atoms with van der Waals surface area (Å²) in [7, 11) is 0. The second kappa shape index (κ2) is 3.96. The van der Waals surface area contributed by atoms with Gasteiger partial charge in [-0.15, -0.1) is 0 Å². The molecule has 0 bridgehead atoms. The van der Waals surface area contributed by atoms with E-state index in [9.17, 15) is 4.79 Å². The second-order valence-electron chi connectivity index (χ2n) is 3.90. The van der Waals surface area contributed by atoms with E-state index in [1.807, 2.05) is 31.4 Å². The number of rotatable bonds is 3. The first-order chi connectivity index (χ1) is 7.61. The van der Waals surface area contributed by atoms with Gasteiger partial charge in [-0.1, -0.05) is 0 Å². The zero-order chi connectivity index (χ0) is 11.7. The highest BCUT2D eigenvalue weighted by Crippen LogP contribution is 2.15. The summed E-state index contributed by atoms with van der Waals surface area (Å²) in [5.41, 5.74) is 2.71. The average Bonchev–Trinajstić information content (AvgIpc) is 2.77. The van der Waals surface area contributed by atoms with Gasteiger partial charge in [0.2, 0.25) is 5.89 Å². The first-order valence-electron chi connectivity index (χ1n) is 5.15. The molecular weight excluding hydrogens is 204 g/mol. The van der Waals surface area contributed by atoms with E-state index in [1.165, 1.54) is 0 Å². The van der Waals surface area contributed by atoms with Crippen molar-refractivity contribution in [3.8, 4) is 0 Å². The van der Waals surface area contributed by atoms with Gasteiger partial charge in [-0.3, -0.25) is 4.79 Å². The van der Waals surface area contributed by atoms with Gasteiger partial charge in [0.25, 0.3) is 0 Å². The molecular formula is C12H14N2O2. The van der Waals surface area contributed by atoms with Crippen molar-refractivity contribution in [2.75, 3.05) is 0 Å². The van der Waals surface area contributed by atoms with Crippen LogP contribution in [-0.4, -0.2) is 15.8 Å². The van der Waals surface area contributed by atoms with Crippen LogP contribution in [0.25, 0.3) is 0 Å². The Morgan fingerprint density at radius 3 is 2.69 bits per heavy atom. The molecule has 0 amide bonds. The number of carbonyl (C=O) groups excluding carboxylic acids is 1. The summed E-state index contributed by atoms with van der Waals surface area (Å²) in [6, 6.07) is 1.87. The number of hydrogen-bond acceptors (Lipinski definition) is 3. The van der Waals surface area contributed by atoms with Crippen molar-refractivity contribution in [3.05, 3.63) is 40.9 Å². The van der Waals surface area contributed by atoms with Gasteiger partial charge >= 0.3 is 0 Å². The molecule has 0 aliphatic carbocycles. The molecule has 2 heterocycles. The van der Waals surface area contributed by atoms with Crippen LogP contribution in [-0.2, 0) is 6.54 Å². The molecule has 0 aromatic carbocycles. The molecule has 0 aliphatic rings. The minimum atomic E-state index is 0.569. The minimum Gasteiger partial charge on any atom is -0.444 e. The van der Waals surface area contributed by atoms with Gasteiger partial charge in [0.05, 0.1) is 12.7 Å². The molecule has 0 N–H and O–H groups in total. The van der Waals surface area contributed by atoms with Gasteiger partial charge in [0, 0.05) is 17.0 Å². The van der Waals surface area contributed by atoms with E-state index in [2.05, 4.69) is 4.98 Å². The van der Waals surface area contributed by atoms with Gasteiger partial charge in [-0.05, 0) is 26.8 Å². The molecule has 0 unspecified atom stereocenters. The lowest BCUT2D eigenvalue weighted by molar-refractivity contribution is 0.112. The van der Waals surface area contributed by atoms with Crippen molar-refractivity contribution in [1.82, 2.24) is 9.55 Å². The van der Waals surface area contributed by atoms with Crippen molar-refractivity contribution in [3.63, 3.8) is 0 Å². The number of aromatic nitrogens is 2. The summed E-state index contributed by atoms with van der Waals surface area (Å²) in [6.07, 6.45) is 2.57. The standard InChI is InChI=1S/C12H14N2O2/c1-8-4-11(7-15)10(3)14(8)6-12-13-5-9(2)16-12/h4-5,7H,6H2,1-3H3. The topological polar surface area (TPSA) is 48.0 Å². The Morgan fingerprint density at radius 1 is 1.44 bits per heavy atom. The smallest absolute Gasteiger partial charge is 0.214 e. The van der Waals surface area contributed by atoms with Crippen molar-refractivity contribution in [2.24, 2.45) is 0 Å². The Kier molecular flexibility index (Phi) is 2.64. The van der Waals surface area contributed by atoms with Crippen LogP contribution in [0.3, 0.4) is 0 Å². The minimum absolute atomic E-state index is 0.569. The molecule has 0 aliphatic heterocycles. The summed E-state index contributed by atoms with van der Waals surface area (Å²) in [4.78, 5) is 14.9. The zero-order valence-electron chi connectivity index (χ0n) is 9.65. The Balaban J connectivity index is 2.34. The second-order valence-corrected chi connectivity index (χ2v) is 3.90. The zero-order valence-corrected chi connectivity index (χ0v) is 9.65. The van der Waals surface area contributed by atoms with Crippen molar-refractivity contribution in [2.45, 2.75) is 27.3 Å². The van der Waals surface area contributed by atoms with Crippen LogP contribution in [0, 0.1) is 20.8 Å². The molecule has 84 valence electrons.